The monoisotopic (exact) mass is 258 g/mol. The number of benzene rings is 1. The molecule has 0 bridgehead atoms. The van der Waals surface area contributed by atoms with Gasteiger partial charge in [-0.25, -0.2) is 4.79 Å². The third kappa shape index (κ3) is 2.84. The number of hydrogen-bond acceptors (Lipinski definition) is 2. The first-order valence-corrected chi connectivity index (χ1v) is 6.48. The summed E-state index contributed by atoms with van der Waals surface area (Å²) < 4.78 is 2.87. The molecule has 100 valence electrons. The molecule has 1 heterocycles. The van der Waals surface area contributed by atoms with E-state index in [0.29, 0.717) is 13.1 Å². The van der Waals surface area contributed by atoms with Crippen LogP contribution in [0.3, 0.4) is 0 Å². The normalized spacial score (nSPS) is 10.6. The summed E-state index contributed by atoms with van der Waals surface area (Å²) in [6, 6.07) is 9.24. The van der Waals surface area contributed by atoms with Crippen LogP contribution in [0.5, 0.6) is 0 Å². The molecule has 2 rings (SSSR count). The lowest BCUT2D eigenvalue weighted by Crippen LogP contribution is -2.39. The molecule has 0 spiro atoms. The third-order valence-electron chi connectivity index (χ3n) is 3.19. The zero-order chi connectivity index (χ0) is 13.8. The average molecular weight is 258 g/mol. The van der Waals surface area contributed by atoms with Crippen molar-refractivity contribution in [1.82, 2.24) is 9.13 Å². The number of nitrogens with zero attached hydrogens (tertiary/aromatic N) is 2. The van der Waals surface area contributed by atoms with Gasteiger partial charge in [-0.1, -0.05) is 31.2 Å². The van der Waals surface area contributed by atoms with Crippen LogP contribution in [0.25, 0.3) is 0 Å². The second kappa shape index (κ2) is 5.69. The molecule has 0 saturated heterocycles. The first-order valence-electron chi connectivity index (χ1n) is 6.48. The predicted octanol–water partition coefficient (Wildman–Crippen LogP) is 1.78. The zero-order valence-electron chi connectivity index (χ0n) is 11.3. The molecule has 1 aromatic carbocycles. The lowest BCUT2D eigenvalue weighted by molar-refractivity contribution is 0.570. The van der Waals surface area contributed by atoms with Crippen molar-refractivity contribution in [1.29, 1.82) is 0 Å². The maximum atomic E-state index is 12.2. The fourth-order valence-corrected chi connectivity index (χ4v) is 2.07. The largest absolute Gasteiger partial charge is 0.331 e. The predicted molar refractivity (Wildman–Crippen MR) is 75.5 cm³/mol. The smallest absolute Gasteiger partial charge is 0.300 e. The summed E-state index contributed by atoms with van der Waals surface area (Å²) in [5.41, 5.74) is 1.59. The van der Waals surface area contributed by atoms with Gasteiger partial charge in [-0.2, -0.15) is 0 Å². The summed E-state index contributed by atoms with van der Waals surface area (Å²) in [5.74, 6) is 0. The van der Waals surface area contributed by atoms with E-state index in [1.165, 1.54) is 10.6 Å². The van der Waals surface area contributed by atoms with Gasteiger partial charge in [-0.3, -0.25) is 9.36 Å². The SMILES string of the molecule is CCCn1ccc(=O)n(Cc2ccccc2C)c1=O. The van der Waals surface area contributed by atoms with Crippen molar-refractivity contribution in [3.63, 3.8) is 0 Å². The lowest BCUT2D eigenvalue weighted by Gasteiger charge is -2.10. The quantitative estimate of drug-likeness (QED) is 0.839. The minimum absolute atomic E-state index is 0.238. The number of aromatic nitrogens is 2. The second-order valence-corrected chi connectivity index (χ2v) is 4.64. The van der Waals surface area contributed by atoms with Gasteiger partial charge >= 0.3 is 5.69 Å². The topological polar surface area (TPSA) is 44.0 Å². The fourth-order valence-electron chi connectivity index (χ4n) is 2.07. The lowest BCUT2D eigenvalue weighted by atomic mass is 10.1. The van der Waals surface area contributed by atoms with Crippen LogP contribution >= 0.6 is 0 Å². The zero-order valence-corrected chi connectivity index (χ0v) is 11.3. The van der Waals surface area contributed by atoms with Crippen LogP contribution in [0.4, 0.5) is 0 Å². The Balaban J connectivity index is 2.46. The van der Waals surface area contributed by atoms with E-state index in [4.69, 9.17) is 0 Å². The molecule has 0 amide bonds. The first-order chi connectivity index (χ1) is 9.13. The molecule has 0 fully saturated rings. The van der Waals surface area contributed by atoms with E-state index in [1.54, 1.807) is 10.8 Å². The van der Waals surface area contributed by atoms with E-state index in [2.05, 4.69) is 0 Å². The highest BCUT2D eigenvalue weighted by Gasteiger charge is 2.06. The molecule has 4 nitrogen and oxygen atoms in total. The molecule has 4 heteroatoms. The van der Waals surface area contributed by atoms with Crippen molar-refractivity contribution in [2.24, 2.45) is 0 Å². The van der Waals surface area contributed by atoms with Crippen molar-refractivity contribution >= 4 is 0 Å². The van der Waals surface area contributed by atoms with Crippen molar-refractivity contribution < 1.29 is 0 Å². The van der Waals surface area contributed by atoms with E-state index in [-0.39, 0.29) is 11.2 Å². The highest BCUT2D eigenvalue weighted by Crippen LogP contribution is 2.06. The van der Waals surface area contributed by atoms with E-state index in [9.17, 15) is 9.59 Å². The Labute approximate surface area is 111 Å². The Kier molecular flexibility index (Phi) is 4.00. The molecule has 0 aliphatic heterocycles. The van der Waals surface area contributed by atoms with Crippen LogP contribution in [0.1, 0.15) is 24.5 Å². The van der Waals surface area contributed by atoms with Crippen LogP contribution in [-0.4, -0.2) is 9.13 Å². The summed E-state index contributed by atoms with van der Waals surface area (Å²) in [7, 11) is 0. The number of hydrogen-bond donors (Lipinski definition) is 0. The molecular weight excluding hydrogens is 240 g/mol. The number of aryl methyl sites for hydroxylation is 2. The molecule has 0 aliphatic carbocycles. The summed E-state index contributed by atoms with van der Waals surface area (Å²) in [6.07, 6.45) is 2.44. The maximum Gasteiger partial charge on any atom is 0.331 e. The van der Waals surface area contributed by atoms with Gasteiger partial charge in [-0.15, -0.1) is 0 Å². The van der Waals surface area contributed by atoms with Gasteiger partial charge in [-0.05, 0) is 24.5 Å². The summed E-state index contributed by atoms with van der Waals surface area (Å²) >= 11 is 0. The Morgan fingerprint density at radius 3 is 2.53 bits per heavy atom. The second-order valence-electron chi connectivity index (χ2n) is 4.64. The van der Waals surface area contributed by atoms with Crippen LogP contribution in [0.2, 0.25) is 0 Å². The van der Waals surface area contributed by atoms with Gasteiger partial charge in [0.1, 0.15) is 0 Å². The van der Waals surface area contributed by atoms with Crippen LogP contribution < -0.4 is 11.2 Å². The molecule has 19 heavy (non-hydrogen) atoms. The van der Waals surface area contributed by atoms with E-state index < -0.39 is 0 Å². The van der Waals surface area contributed by atoms with Crippen LogP contribution in [-0.2, 0) is 13.1 Å². The Morgan fingerprint density at radius 2 is 1.84 bits per heavy atom. The van der Waals surface area contributed by atoms with Gasteiger partial charge in [0.15, 0.2) is 0 Å². The summed E-state index contributed by atoms with van der Waals surface area (Å²) in [5, 5.41) is 0. The standard InChI is InChI=1S/C15H18N2O2/c1-3-9-16-10-8-14(18)17(15(16)19)11-13-7-5-4-6-12(13)2/h4-8,10H,3,9,11H2,1-2H3. The Bertz CT molecular complexity index is 683. The van der Waals surface area contributed by atoms with Gasteiger partial charge in [0, 0.05) is 18.8 Å². The maximum absolute atomic E-state index is 12.2. The molecule has 0 unspecified atom stereocenters. The van der Waals surface area contributed by atoms with Crippen LogP contribution in [0, 0.1) is 6.92 Å². The van der Waals surface area contributed by atoms with Gasteiger partial charge in [0.2, 0.25) is 0 Å². The minimum Gasteiger partial charge on any atom is -0.300 e. The minimum atomic E-state index is -0.249. The molecule has 0 atom stereocenters. The van der Waals surface area contributed by atoms with Gasteiger partial charge < -0.3 is 4.57 Å². The molecule has 2 aromatic rings. The summed E-state index contributed by atoms with van der Waals surface area (Å²) in [4.78, 5) is 24.1. The van der Waals surface area contributed by atoms with Crippen molar-refractivity contribution in [3.8, 4) is 0 Å². The highest BCUT2D eigenvalue weighted by molar-refractivity contribution is 5.25. The summed E-state index contributed by atoms with van der Waals surface area (Å²) in [6.45, 7) is 4.94. The van der Waals surface area contributed by atoms with Crippen LogP contribution in [0.15, 0.2) is 46.1 Å². The van der Waals surface area contributed by atoms with Gasteiger partial charge in [0.05, 0.1) is 6.54 Å². The van der Waals surface area contributed by atoms with Crippen molar-refractivity contribution in [2.45, 2.75) is 33.4 Å². The third-order valence-corrected chi connectivity index (χ3v) is 3.19. The first kappa shape index (κ1) is 13.3. The van der Waals surface area contributed by atoms with Gasteiger partial charge in [0.25, 0.3) is 5.56 Å². The van der Waals surface area contributed by atoms with E-state index >= 15 is 0 Å². The van der Waals surface area contributed by atoms with Crippen molar-refractivity contribution in [3.05, 3.63) is 68.5 Å². The van der Waals surface area contributed by atoms with Crippen molar-refractivity contribution in [2.75, 3.05) is 0 Å². The highest BCUT2D eigenvalue weighted by atomic mass is 16.2. The molecular formula is C15H18N2O2. The van der Waals surface area contributed by atoms with E-state index in [1.807, 2.05) is 38.1 Å². The number of rotatable bonds is 4. The molecule has 0 aliphatic rings. The molecule has 0 saturated carbocycles. The fraction of sp³-hybridized carbons (Fsp3) is 0.333. The molecule has 0 radical (unpaired) electrons. The van der Waals surface area contributed by atoms with E-state index in [0.717, 1.165) is 17.5 Å². The Morgan fingerprint density at radius 1 is 1.11 bits per heavy atom. The Hall–Kier alpha value is -2.10. The molecule has 1 aromatic heterocycles. The average Bonchev–Trinajstić information content (AvgIpc) is 2.40. The molecule has 0 N–H and O–H groups in total.